The Morgan fingerprint density at radius 3 is 2.77 bits per heavy atom. The Labute approximate surface area is 156 Å². The minimum atomic E-state index is 0.331. The zero-order valence-corrected chi connectivity index (χ0v) is 15.6. The molecule has 0 radical (unpaired) electrons. The van der Waals surface area contributed by atoms with E-state index in [4.69, 9.17) is 4.74 Å². The van der Waals surface area contributed by atoms with Crippen molar-refractivity contribution in [2.24, 2.45) is 5.92 Å². The molecule has 1 spiro atoms. The molecule has 0 amide bonds. The number of likely N-dealkylation sites (tertiary alicyclic amines) is 2. The molecule has 4 rings (SSSR count). The molecule has 2 fully saturated rings. The summed E-state index contributed by atoms with van der Waals surface area (Å²) in [7, 11) is 2.28. The molecule has 0 bridgehead atoms. The molecule has 0 saturated carbocycles. The molecule has 1 atom stereocenters. The average molecular weight is 352 g/mol. The van der Waals surface area contributed by atoms with Crippen molar-refractivity contribution in [1.82, 2.24) is 19.8 Å². The molecule has 4 heterocycles. The Morgan fingerprint density at radius 1 is 1.15 bits per heavy atom. The number of rotatable bonds is 6. The van der Waals surface area contributed by atoms with E-state index in [9.17, 15) is 0 Å². The number of aromatic nitrogens is 2. The molecule has 2 aromatic heterocycles. The van der Waals surface area contributed by atoms with Crippen LogP contribution in [0.3, 0.4) is 0 Å². The van der Waals surface area contributed by atoms with Gasteiger partial charge in [0.2, 0.25) is 0 Å². The summed E-state index contributed by atoms with van der Waals surface area (Å²) in [5.41, 5.74) is 2.70. The Balaban J connectivity index is 1.26. The van der Waals surface area contributed by atoms with Crippen LogP contribution in [0, 0.1) is 5.92 Å². The van der Waals surface area contributed by atoms with E-state index in [-0.39, 0.29) is 0 Å². The van der Waals surface area contributed by atoms with E-state index in [0.717, 1.165) is 31.9 Å². The zero-order valence-electron chi connectivity index (χ0n) is 15.6. The van der Waals surface area contributed by atoms with Crippen LogP contribution >= 0.6 is 0 Å². The van der Waals surface area contributed by atoms with E-state index in [2.05, 4.69) is 38.9 Å². The van der Waals surface area contributed by atoms with E-state index in [1.165, 1.54) is 24.9 Å². The van der Waals surface area contributed by atoms with Crippen LogP contribution in [0.1, 0.15) is 24.1 Å². The highest BCUT2D eigenvalue weighted by molar-refractivity contribution is 5.10. The van der Waals surface area contributed by atoms with Crippen molar-refractivity contribution in [2.75, 3.05) is 33.3 Å². The molecular weight excluding hydrogens is 324 g/mol. The third-order valence-electron chi connectivity index (χ3n) is 5.87. The molecule has 2 saturated heterocycles. The quantitative estimate of drug-likeness (QED) is 0.799. The summed E-state index contributed by atoms with van der Waals surface area (Å²) in [5, 5.41) is 0. The number of ether oxygens (including phenoxy) is 1. The molecule has 5 nitrogen and oxygen atoms in total. The monoisotopic (exact) mass is 352 g/mol. The first-order valence-corrected chi connectivity index (χ1v) is 9.54. The summed E-state index contributed by atoms with van der Waals surface area (Å²) in [6, 6.07) is 10.2. The molecule has 0 unspecified atom stereocenters. The molecule has 138 valence electrons. The van der Waals surface area contributed by atoms with E-state index < -0.39 is 0 Å². The van der Waals surface area contributed by atoms with Crippen LogP contribution in [0.2, 0.25) is 0 Å². The molecule has 0 aliphatic carbocycles. The maximum absolute atomic E-state index is 6.01. The van der Waals surface area contributed by atoms with Gasteiger partial charge in [-0.15, -0.1) is 0 Å². The fraction of sp³-hybridized carbons (Fsp3) is 0.524. The number of nitrogens with zero attached hydrogens (tertiary/aromatic N) is 4. The Hall–Kier alpha value is -1.82. The number of likely N-dealkylation sites (N-methyl/N-ethyl adjacent to an activating group) is 1. The van der Waals surface area contributed by atoms with Crippen LogP contribution in [0.4, 0.5) is 0 Å². The zero-order chi connectivity index (χ0) is 17.8. The van der Waals surface area contributed by atoms with Gasteiger partial charge in [0.1, 0.15) is 0 Å². The van der Waals surface area contributed by atoms with Crippen molar-refractivity contribution >= 4 is 0 Å². The number of pyridine rings is 2. The topological polar surface area (TPSA) is 41.5 Å². The largest absolute Gasteiger partial charge is 0.376 e. The number of hydrogen-bond acceptors (Lipinski definition) is 5. The van der Waals surface area contributed by atoms with Crippen LogP contribution in [0.15, 0.2) is 48.9 Å². The summed E-state index contributed by atoms with van der Waals surface area (Å²) in [5.74, 6) is 0.657. The average Bonchev–Trinajstić information content (AvgIpc) is 2.65. The SMILES string of the molecule is CN1CC[C@@H](COCc2ccncc2)CC12CN(Cc1ccccn1)C2. The van der Waals surface area contributed by atoms with Gasteiger partial charge in [-0.05, 0) is 62.2 Å². The number of hydrogen-bond donors (Lipinski definition) is 0. The Kier molecular flexibility index (Phi) is 5.29. The van der Waals surface area contributed by atoms with Gasteiger partial charge in [-0.2, -0.15) is 0 Å². The molecule has 2 aliphatic rings. The predicted molar refractivity (Wildman–Crippen MR) is 101 cm³/mol. The lowest BCUT2D eigenvalue weighted by atomic mass is 9.75. The highest BCUT2D eigenvalue weighted by Crippen LogP contribution is 2.38. The first kappa shape index (κ1) is 17.6. The molecule has 0 aromatic carbocycles. The summed E-state index contributed by atoms with van der Waals surface area (Å²) < 4.78 is 6.01. The Bertz CT molecular complexity index is 688. The minimum Gasteiger partial charge on any atom is -0.376 e. The summed E-state index contributed by atoms with van der Waals surface area (Å²) in [6.07, 6.45) is 8.00. The molecule has 2 aliphatic heterocycles. The van der Waals surface area contributed by atoms with Crippen LogP contribution in [-0.4, -0.2) is 58.6 Å². The van der Waals surface area contributed by atoms with Gasteiger partial charge in [0.05, 0.1) is 12.3 Å². The van der Waals surface area contributed by atoms with Gasteiger partial charge in [-0.3, -0.25) is 19.8 Å². The van der Waals surface area contributed by atoms with Crippen LogP contribution in [0.25, 0.3) is 0 Å². The normalized spacial score (nSPS) is 23.0. The van der Waals surface area contributed by atoms with E-state index in [1.54, 1.807) is 0 Å². The second-order valence-corrected chi connectivity index (χ2v) is 7.84. The highest BCUT2D eigenvalue weighted by Gasteiger charge is 2.49. The van der Waals surface area contributed by atoms with Crippen molar-refractivity contribution in [2.45, 2.75) is 31.5 Å². The summed E-state index contributed by atoms with van der Waals surface area (Å²) >= 11 is 0. The van der Waals surface area contributed by atoms with Gasteiger partial charge in [0, 0.05) is 50.4 Å². The maximum atomic E-state index is 6.01. The van der Waals surface area contributed by atoms with Crippen molar-refractivity contribution in [3.8, 4) is 0 Å². The first-order valence-electron chi connectivity index (χ1n) is 9.54. The first-order chi connectivity index (χ1) is 12.7. The van der Waals surface area contributed by atoms with E-state index in [1.807, 2.05) is 36.8 Å². The smallest absolute Gasteiger partial charge is 0.0718 e. The van der Waals surface area contributed by atoms with Crippen LogP contribution < -0.4 is 0 Å². The van der Waals surface area contributed by atoms with Gasteiger partial charge in [0.15, 0.2) is 0 Å². The Morgan fingerprint density at radius 2 is 2.00 bits per heavy atom. The van der Waals surface area contributed by atoms with Crippen molar-refractivity contribution in [3.05, 3.63) is 60.2 Å². The highest BCUT2D eigenvalue weighted by atomic mass is 16.5. The van der Waals surface area contributed by atoms with E-state index in [0.29, 0.717) is 18.1 Å². The van der Waals surface area contributed by atoms with Gasteiger partial charge in [-0.1, -0.05) is 6.07 Å². The molecule has 5 heteroatoms. The van der Waals surface area contributed by atoms with Crippen molar-refractivity contribution in [1.29, 1.82) is 0 Å². The second kappa shape index (κ2) is 7.82. The van der Waals surface area contributed by atoms with Gasteiger partial charge in [-0.25, -0.2) is 0 Å². The summed E-state index contributed by atoms with van der Waals surface area (Å²) in [6.45, 7) is 5.95. The van der Waals surface area contributed by atoms with E-state index >= 15 is 0 Å². The standard InChI is InChI=1S/C21H28N4O/c1-24-11-7-19(15-26-14-18-5-9-22-10-6-18)12-21(24)16-25(17-21)13-20-4-2-3-8-23-20/h2-6,8-10,19H,7,11-17H2,1H3/t19-/m1/s1. The third-order valence-corrected chi connectivity index (χ3v) is 5.87. The molecule has 2 aromatic rings. The minimum absolute atomic E-state index is 0.331. The fourth-order valence-electron chi connectivity index (χ4n) is 4.36. The second-order valence-electron chi connectivity index (χ2n) is 7.84. The predicted octanol–water partition coefficient (Wildman–Crippen LogP) is 2.59. The lowest BCUT2D eigenvalue weighted by Gasteiger charge is -2.58. The fourth-order valence-corrected chi connectivity index (χ4v) is 4.36. The van der Waals surface area contributed by atoms with Gasteiger partial charge in [0.25, 0.3) is 0 Å². The van der Waals surface area contributed by atoms with Crippen LogP contribution in [0.5, 0.6) is 0 Å². The molecule has 26 heavy (non-hydrogen) atoms. The van der Waals surface area contributed by atoms with Gasteiger partial charge >= 0.3 is 0 Å². The maximum Gasteiger partial charge on any atom is 0.0718 e. The van der Waals surface area contributed by atoms with Gasteiger partial charge < -0.3 is 4.74 Å². The number of piperidine rings is 1. The molecular formula is C21H28N4O. The van der Waals surface area contributed by atoms with Crippen molar-refractivity contribution < 1.29 is 4.74 Å². The lowest BCUT2D eigenvalue weighted by Crippen LogP contribution is -2.71. The molecule has 0 N–H and O–H groups in total. The van der Waals surface area contributed by atoms with Crippen LogP contribution in [-0.2, 0) is 17.9 Å². The summed E-state index contributed by atoms with van der Waals surface area (Å²) in [4.78, 5) is 13.6. The van der Waals surface area contributed by atoms with Crippen molar-refractivity contribution in [3.63, 3.8) is 0 Å². The lowest BCUT2D eigenvalue weighted by molar-refractivity contribution is -0.0939. The third kappa shape index (κ3) is 3.95.